The number of benzene rings is 2. The molecule has 4 N–H and O–H groups in total. The van der Waals surface area contributed by atoms with Crippen LogP contribution in [0.2, 0.25) is 0 Å². The van der Waals surface area contributed by atoms with Crippen LogP contribution in [-0.2, 0) is 22.4 Å². The lowest BCUT2D eigenvalue weighted by Crippen LogP contribution is -2.62. The SMILES string of the molecule is CC=C1CNC2Cc3c([nH]c4ccccc34)C(c3ccc4c5c([nH]c4c3)C3CC4CN(CC5)C3C(CC)C4O)CC1C2C(=O)OC. The molecule has 240 valence electrons. The third-order valence-corrected chi connectivity index (χ3v) is 12.9. The lowest BCUT2D eigenvalue weighted by atomic mass is 9.63. The second-order valence-corrected chi connectivity index (χ2v) is 14.8. The summed E-state index contributed by atoms with van der Waals surface area (Å²) in [5.41, 5.74) is 10.5. The first-order valence-corrected chi connectivity index (χ1v) is 17.6. The standard InChI is InChI=1S/C39H46N4O3/c1-4-20-18-40-33-17-29-24-8-6-7-9-31(24)41-36(29)28(16-27(20)34(33)39(45)46-3)21-10-11-25-26-12-13-43-19-22-14-30(35(26)42-32(25)15-21)37(43)23(5-2)38(22)44/h4,6-11,15,22-23,27-28,30,33-34,37-38,40-42,44H,5,12-14,16-19H2,1-3H3. The molecule has 7 nitrogen and oxygen atoms in total. The maximum atomic E-state index is 13.5. The first-order chi connectivity index (χ1) is 22.5. The molecule has 0 spiro atoms. The van der Waals surface area contributed by atoms with Crippen molar-refractivity contribution in [2.24, 2.45) is 23.7 Å². The van der Waals surface area contributed by atoms with Crippen molar-refractivity contribution in [2.75, 3.05) is 26.7 Å². The summed E-state index contributed by atoms with van der Waals surface area (Å²) >= 11 is 0. The summed E-state index contributed by atoms with van der Waals surface area (Å²) in [4.78, 5) is 24.0. The highest BCUT2D eigenvalue weighted by atomic mass is 16.5. The van der Waals surface area contributed by atoms with Crippen LogP contribution in [0.3, 0.4) is 0 Å². The fraction of sp³-hybridized carbons (Fsp3) is 0.513. The lowest BCUT2D eigenvalue weighted by molar-refractivity contribution is -0.149. The zero-order valence-electron chi connectivity index (χ0n) is 27.2. The molecule has 6 bridgehead atoms. The molecule has 2 aliphatic carbocycles. The topological polar surface area (TPSA) is 93.4 Å². The predicted octanol–water partition coefficient (Wildman–Crippen LogP) is 5.78. The van der Waals surface area contributed by atoms with E-state index in [4.69, 9.17) is 4.74 Å². The molecule has 10 unspecified atom stereocenters. The number of allylic oxidation sites excluding steroid dienone is 1. The quantitative estimate of drug-likeness (QED) is 0.173. The lowest BCUT2D eigenvalue weighted by Gasteiger charge is -2.55. The maximum absolute atomic E-state index is 13.5. The van der Waals surface area contributed by atoms with Crippen molar-refractivity contribution in [3.05, 3.63) is 82.2 Å². The van der Waals surface area contributed by atoms with E-state index in [0.29, 0.717) is 23.8 Å². The Kier molecular flexibility index (Phi) is 6.78. The zero-order valence-corrected chi connectivity index (χ0v) is 27.2. The molecule has 2 aromatic carbocycles. The first-order valence-electron chi connectivity index (χ1n) is 17.6. The van der Waals surface area contributed by atoms with Crippen molar-refractivity contribution in [1.29, 1.82) is 0 Å². The van der Waals surface area contributed by atoms with E-state index in [1.807, 2.05) is 0 Å². The maximum Gasteiger partial charge on any atom is 0.310 e. The van der Waals surface area contributed by atoms with Gasteiger partial charge in [0.15, 0.2) is 0 Å². The normalized spacial score (nSPS) is 35.8. The molecule has 0 radical (unpaired) electrons. The van der Waals surface area contributed by atoms with Crippen LogP contribution in [0.4, 0.5) is 0 Å². The Morgan fingerprint density at radius 1 is 1.04 bits per heavy atom. The van der Waals surface area contributed by atoms with Crippen molar-refractivity contribution in [1.82, 2.24) is 20.2 Å². The number of carbonyl (C=O) groups excluding carboxylic acids is 1. The van der Waals surface area contributed by atoms with Gasteiger partial charge in [-0.05, 0) is 79.7 Å². The highest BCUT2D eigenvalue weighted by Crippen LogP contribution is 2.52. The van der Waals surface area contributed by atoms with E-state index in [-0.39, 0.29) is 35.9 Å². The van der Waals surface area contributed by atoms with E-state index in [9.17, 15) is 9.90 Å². The van der Waals surface area contributed by atoms with E-state index in [1.165, 1.54) is 57.1 Å². The number of esters is 1. The van der Waals surface area contributed by atoms with Crippen LogP contribution in [0.1, 0.15) is 73.0 Å². The number of methoxy groups -OCH3 is 1. The predicted molar refractivity (Wildman–Crippen MR) is 181 cm³/mol. The molecule has 10 atom stereocenters. The molecule has 0 amide bonds. The van der Waals surface area contributed by atoms with Crippen molar-refractivity contribution < 1.29 is 14.6 Å². The molecule has 4 aromatic rings. The molecule has 7 heteroatoms. The van der Waals surface area contributed by atoms with Crippen LogP contribution in [0.25, 0.3) is 21.8 Å². The molecular weight excluding hydrogens is 572 g/mol. The number of para-hydroxylation sites is 1. The van der Waals surface area contributed by atoms with Gasteiger partial charge in [0.1, 0.15) is 0 Å². The number of aliphatic hydroxyl groups excluding tert-OH is 1. The number of nitrogens with zero attached hydrogens (tertiary/aromatic N) is 1. The Morgan fingerprint density at radius 3 is 2.70 bits per heavy atom. The summed E-state index contributed by atoms with van der Waals surface area (Å²) in [5, 5.41) is 17.5. The third kappa shape index (κ3) is 4.10. The van der Waals surface area contributed by atoms with Gasteiger partial charge in [0.2, 0.25) is 0 Å². The van der Waals surface area contributed by atoms with E-state index >= 15 is 0 Å². The summed E-state index contributed by atoms with van der Waals surface area (Å²) in [5.74, 6) is 1.03. The summed E-state index contributed by atoms with van der Waals surface area (Å²) in [6.07, 6.45) is 6.83. The van der Waals surface area contributed by atoms with Gasteiger partial charge in [-0.25, -0.2) is 0 Å². The van der Waals surface area contributed by atoms with Crippen LogP contribution in [0, 0.1) is 23.7 Å². The molecule has 2 aromatic heterocycles. The van der Waals surface area contributed by atoms with Crippen molar-refractivity contribution in [2.45, 2.75) is 76.0 Å². The van der Waals surface area contributed by atoms with Gasteiger partial charge >= 0.3 is 5.97 Å². The van der Waals surface area contributed by atoms with Gasteiger partial charge in [0, 0.05) is 82.7 Å². The molecule has 10 rings (SSSR count). The van der Waals surface area contributed by atoms with Gasteiger partial charge in [-0.2, -0.15) is 0 Å². The van der Waals surface area contributed by atoms with Crippen molar-refractivity contribution in [3.8, 4) is 0 Å². The second kappa shape index (κ2) is 10.8. The molecule has 1 saturated carbocycles. The smallest absolute Gasteiger partial charge is 0.310 e. The number of hydrogen-bond acceptors (Lipinski definition) is 5. The Labute approximate surface area is 270 Å². The Hall–Kier alpha value is -3.39. The average molecular weight is 619 g/mol. The number of nitrogens with one attached hydrogen (secondary N) is 3. The number of fused-ring (bicyclic) bond motifs is 9. The molecule has 6 heterocycles. The minimum atomic E-state index is -0.230. The Bertz CT molecular complexity index is 1870. The van der Waals surface area contributed by atoms with Gasteiger partial charge < -0.3 is 25.1 Å². The average Bonchev–Trinajstić information content (AvgIpc) is 3.60. The number of carbonyl (C=O) groups is 1. The van der Waals surface area contributed by atoms with Crippen molar-refractivity contribution >= 4 is 27.8 Å². The van der Waals surface area contributed by atoms with Crippen LogP contribution in [-0.4, -0.2) is 70.9 Å². The van der Waals surface area contributed by atoms with Gasteiger partial charge in [0.25, 0.3) is 0 Å². The summed E-state index contributed by atoms with van der Waals surface area (Å²) in [7, 11) is 1.53. The number of rotatable bonds is 3. The van der Waals surface area contributed by atoms with Crippen molar-refractivity contribution in [3.63, 3.8) is 0 Å². The number of H-pyrrole nitrogens is 2. The van der Waals surface area contributed by atoms with Gasteiger partial charge in [-0.15, -0.1) is 0 Å². The number of ether oxygens (including phenoxy) is 1. The fourth-order valence-electron chi connectivity index (χ4n) is 10.9. The fourth-order valence-corrected chi connectivity index (χ4v) is 10.9. The number of hydrogen-bond donors (Lipinski definition) is 4. The zero-order chi connectivity index (χ0) is 31.3. The summed E-state index contributed by atoms with van der Waals surface area (Å²) in [6, 6.07) is 16.2. The molecule has 3 saturated heterocycles. The Balaban J connectivity index is 1.18. The van der Waals surface area contributed by atoms with Crippen LogP contribution in [0.15, 0.2) is 54.1 Å². The highest BCUT2D eigenvalue weighted by molar-refractivity contribution is 5.88. The van der Waals surface area contributed by atoms with E-state index in [1.54, 1.807) is 0 Å². The van der Waals surface area contributed by atoms with E-state index in [2.05, 4.69) is 82.6 Å². The highest BCUT2D eigenvalue weighted by Gasteiger charge is 2.53. The van der Waals surface area contributed by atoms with E-state index in [0.717, 1.165) is 57.3 Å². The Morgan fingerprint density at radius 2 is 1.87 bits per heavy atom. The largest absolute Gasteiger partial charge is 0.469 e. The number of aliphatic hydroxyl groups is 1. The first kappa shape index (κ1) is 28.8. The minimum absolute atomic E-state index is 0.0254. The van der Waals surface area contributed by atoms with Crippen LogP contribution < -0.4 is 5.32 Å². The molecule has 4 aliphatic heterocycles. The second-order valence-electron chi connectivity index (χ2n) is 14.8. The third-order valence-electron chi connectivity index (χ3n) is 12.9. The molecular formula is C39H46N4O3. The molecule has 46 heavy (non-hydrogen) atoms. The monoisotopic (exact) mass is 618 g/mol. The van der Waals surface area contributed by atoms with Gasteiger partial charge in [0.05, 0.1) is 19.1 Å². The molecule has 4 fully saturated rings. The van der Waals surface area contributed by atoms with Crippen LogP contribution in [0.5, 0.6) is 0 Å². The summed E-state index contributed by atoms with van der Waals surface area (Å²) in [6.45, 7) is 7.27. The minimum Gasteiger partial charge on any atom is -0.469 e. The van der Waals surface area contributed by atoms with E-state index < -0.39 is 0 Å². The van der Waals surface area contributed by atoms with Gasteiger partial charge in [-0.3, -0.25) is 9.69 Å². The van der Waals surface area contributed by atoms with Crippen LogP contribution >= 0.6 is 0 Å². The molecule has 6 aliphatic rings. The van der Waals surface area contributed by atoms with Gasteiger partial charge in [-0.1, -0.05) is 48.9 Å². The summed E-state index contributed by atoms with van der Waals surface area (Å²) < 4.78 is 5.47. The number of piperidine rings is 3. The number of aromatic nitrogens is 2. The number of aromatic amines is 2.